The normalized spacial score (nSPS) is 25.1. The number of rotatable bonds is 4. The summed E-state index contributed by atoms with van der Waals surface area (Å²) < 4.78 is 0. The highest BCUT2D eigenvalue weighted by atomic mass is 16.2. The quantitative estimate of drug-likeness (QED) is 0.774. The highest BCUT2D eigenvalue weighted by Gasteiger charge is 2.51. The number of carbonyl (C=O) groups excluding carboxylic acids is 3. The van der Waals surface area contributed by atoms with E-state index in [4.69, 9.17) is 0 Å². The van der Waals surface area contributed by atoms with Gasteiger partial charge in [0.05, 0.1) is 0 Å². The number of amides is 4. The topological polar surface area (TPSA) is 66.5 Å². The summed E-state index contributed by atoms with van der Waals surface area (Å²) in [6, 6.07) is -0.563. The highest BCUT2D eigenvalue weighted by molar-refractivity contribution is 6.18. The molecule has 0 unspecified atom stereocenters. The lowest BCUT2D eigenvalue weighted by Gasteiger charge is -2.36. The minimum Gasteiger partial charge on any atom is -0.277 e. The zero-order chi connectivity index (χ0) is 13.6. The minimum absolute atomic E-state index is 0.109. The van der Waals surface area contributed by atoms with Crippen LogP contribution >= 0.6 is 0 Å². The summed E-state index contributed by atoms with van der Waals surface area (Å²) in [5.41, 5.74) is -1.03. The van der Waals surface area contributed by atoms with Crippen LogP contribution in [-0.2, 0) is 9.59 Å². The Balaban J connectivity index is 2.15. The Morgan fingerprint density at radius 3 is 2.33 bits per heavy atom. The molecular weight excluding hydrogens is 232 g/mol. The molecule has 0 spiro atoms. The predicted molar refractivity (Wildman–Crippen MR) is 65.6 cm³/mol. The number of carbonyl (C=O) groups is 3. The van der Waals surface area contributed by atoms with Crippen LogP contribution in [0.4, 0.5) is 4.79 Å². The number of imide groups is 2. The number of nitrogens with zero attached hydrogens (tertiary/aromatic N) is 1. The molecule has 5 heteroatoms. The van der Waals surface area contributed by atoms with Gasteiger partial charge in [-0.3, -0.25) is 19.8 Å². The third kappa shape index (κ3) is 2.02. The SMILES string of the molecule is CCCC1(CN2C(=O)NC(=O)C(C)(C)C2=O)CC1. The first kappa shape index (κ1) is 13.1. The van der Waals surface area contributed by atoms with Gasteiger partial charge in [-0.1, -0.05) is 13.3 Å². The molecular formula is C13H20N2O3. The van der Waals surface area contributed by atoms with Crippen molar-refractivity contribution in [2.75, 3.05) is 6.54 Å². The summed E-state index contributed by atoms with van der Waals surface area (Å²) in [4.78, 5) is 36.8. The molecule has 2 fully saturated rings. The van der Waals surface area contributed by atoms with Crippen molar-refractivity contribution in [3.63, 3.8) is 0 Å². The standard InChI is InChI=1S/C13H20N2O3/c1-4-5-13(6-7-13)8-15-10(17)12(2,3)9(16)14-11(15)18/h4-8H2,1-3H3,(H,14,16,18). The van der Waals surface area contributed by atoms with Gasteiger partial charge in [0.2, 0.25) is 11.8 Å². The van der Waals surface area contributed by atoms with Crippen molar-refractivity contribution < 1.29 is 14.4 Å². The van der Waals surface area contributed by atoms with E-state index in [2.05, 4.69) is 12.2 Å². The summed E-state index contributed by atoms with van der Waals surface area (Å²) in [6.45, 7) is 5.67. The van der Waals surface area contributed by atoms with E-state index in [0.29, 0.717) is 6.54 Å². The van der Waals surface area contributed by atoms with Gasteiger partial charge >= 0.3 is 6.03 Å². The molecule has 0 atom stereocenters. The largest absolute Gasteiger partial charge is 0.330 e. The third-order valence-electron chi connectivity index (χ3n) is 4.04. The van der Waals surface area contributed by atoms with Crippen LogP contribution < -0.4 is 5.32 Å². The van der Waals surface area contributed by atoms with E-state index >= 15 is 0 Å². The number of hydrogen-bond donors (Lipinski definition) is 1. The first-order valence-corrected chi connectivity index (χ1v) is 6.50. The molecule has 1 N–H and O–H groups in total. The Hall–Kier alpha value is -1.39. The number of hydrogen-bond acceptors (Lipinski definition) is 3. The van der Waals surface area contributed by atoms with Gasteiger partial charge in [0.15, 0.2) is 0 Å². The number of barbiturate groups is 1. The lowest BCUT2D eigenvalue weighted by Crippen LogP contribution is -2.62. The average molecular weight is 252 g/mol. The van der Waals surface area contributed by atoms with Gasteiger partial charge in [-0.05, 0) is 38.5 Å². The Bertz CT molecular complexity index is 410. The van der Waals surface area contributed by atoms with Crippen LogP contribution in [0.15, 0.2) is 0 Å². The third-order valence-corrected chi connectivity index (χ3v) is 4.04. The maximum absolute atomic E-state index is 12.2. The fourth-order valence-electron chi connectivity index (χ4n) is 2.52. The fraction of sp³-hybridized carbons (Fsp3) is 0.769. The van der Waals surface area contributed by atoms with Crippen LogP contribution in [0.3, 0.4) is 0 Å². The first-order chi connectivity index (χ1) is 8.32. The van der Waals surface area contributed by atoms with Gasteiger partial charge in [-0.25, -0.2) is 4.79 Å². The number of urea groups is 1. The molecule has 0 aromatic carbocycles. The fourth-order valence-corrected chi connectivity index (χ4v) is 2.52. The second-order valence-electron chi connectivity index (χ2n) is 6.03. The molecule has 2 rings (SSSR count). The van der Waals surface area contributed by atoms with Crippen LogP contribution in [0.1, 0.15) is 46.5 Å². The molecule has 1 saturated carbocycles. The van der Waals surface area contributed by atoms with Crippen molar-refractivity contribution in [2.24, 2.45) is 10.8 Å². The number of nitrogens with one attached hydrogen (secondary N) is 1. The molecule has 0 aromatic rings. The monoisotopic (exact) mass is 252 g/mol. The molecule has 4 amide bonds. The molecule has 1 heterocycles. The lowest BCUT2D eigenvalue weighted by atomic mass is 9.88. The van der Waals surface area contributed by atoms with E-state index in [9.17, 15) is 14.4 Å². The van der Waals surface area contributed by atoms with Gasteiger partial charge in [0, 0.05) is 6.54 Å². The molecule has 1 aliphatic carbocycles. The van der Waals surface area contributed by atoms with Crippen molar-refractivity contribution in [3.8, 4) is 0 Å². The highest BCUT2D eigenvalue weighted by Crippen LogP contribution is 2.50. The molecule has 2 aliphatic rings. The van der Waals surface area contributed by atoms with Crippen LogP contribution in [-0.4, -0.2) is 29.3 Å². The van der Waals surface area contributed by atoms with E-state index in [1.807, 2.05) is 0 Å². The van der Waals surface area contributed by atoms with Gasteiger partial charge in [-0.2, -0.15) is 0 Å². The Morgan fingerprint density at radius 2 is 1.83 bits per heavy atom. The van der Waals surface area contributed by atoms with E-state index in [0.717, 1.165) is 25.7 Å². The molecule has 5 nitrogen and oxygen atoms in total. The predicted octanol–water partition coefficient (Wildman–Crippen LogP) is 1.67. The molecule has 0 radical (unpaired) electrons. The van der Waals surface area contributed by atoms with Gasteiger partial charge in [-0.15, -0.1) is 0 Å². The van der Waals surface area contributed by atoms with Crippen LogP contribution in [0.2, 0.25) is 0 Å². The summed E-state index contributed by atoms with van der Waals surface area (Å²) in [5, 5.41) is 2.27. The molecule has 1 aliphatic heterocycles. The van der Waals surface area contributed by atoms with Crippen LogP contribution in [0, 0.1) is 10.8 Å². The maximum atomic E-state index is 12.2. The Morgan fingerprint density at radius 1 is 1.22 bits per heavy atom. The smallest absolute Gasteiger partial charge is 0.277 e. The van der Waals surface area contributed by atoms with Crippen molar-refractivity contribution >= 4 is 17.8 Å². The molecule has 100 valence electrons. The van der Waals surface area contributed by atoms with Crippen molar-refractivity contribution in [2.45, 2.75) is 46.5 Å². The van der Waals surface area contributed by atoms with E-state index < -0.39 is 17.4 Å². The Kier molecular flexibility index (Phi) is 2.95. The average Bonchev–Trinajstić information content (AvgIpc) is 3.04. The van der Waals surface area contributed by atoms with Gasteiger partial charge < -0.3 is 0 Å². The molecule has 0 bridgehead atoms. The summed E-state index contributed by atoms with van der Waals surface area (Å²) >= 11 is 0. The molecule has 0 aromatic heterocycles. The lowest BCUT2D eigenvalue weighted by molar-refractivity contribution is -0.149. The Labute approximate surface area is 107 Å². The van der Waals surface area contributed by atoms with Crippen LogP contribution in [0.5, 0.6) is 0 Å². The van der Waals surface area contributed by atoms with E-state index in [1.165, 1.54) is 4.90 Å². The van der Waals surface area contributed by atoms with Gasteiger partial charge in [0.25, 0.3) is 0 Å². The second kappa shape index (κ2) is 4.07. The summed E-state index contributed by atoms with van der Waals surface area (Å²) in [7, 11) is 0. The van der Waals surface area contributed by atoms with Crippen molar-refractivity contribution in [3.05, 3.63) is 0 Å². The second-order valence-corrected chi connectivity index (χ2v) is 6.03. The van der Waals surface area contributed by atoms with Gasteiger partial charge in [0.1, 0.15) is 5.41 Å². The maximum Gasteiger partial charge on any atom is 0.330 e. The van der Waals surface area contributed by atoms with E-state index in [1.54, 1.807) is 13.8 Å². The van der Waals surface area contributed by atoms with Crippen LogP contribution in [0.25, 0.3) is 0 Å². The molecule has 18 heavy (non-hydrogen) atoms. The minimum atomic E-state index is -1.14. The summed E-state index contributed by atoms with van der Waals surface area (Å²) in [6.07, 6.45) is 4.20. The zero-order valence-electron chi connectivity index (χ0n) is 11.2. The summed E-state index contributed by atoms with van der Waals surface area (Å²) in [5.74, 6) is -0.882. The van der Waals surface area contributed by atoms with Crippen molar-refractivity contribution in [1.29, 1.82) is 0 Å². The first-order valence-electron chi connectivity index (χ1n) is 6.50. The molecule has 1 saturated heterocycles. The van der Waals surface area contributed by atoms with E-state index in [-0.39, 0.29) is 11.3 Å². The zero-order valence-corrected chi connectivity index (χ0v) is 11.2. The van der Waals surface area contributed by atoms with Crippen molar-refractivity contribution in [1.82, 2.24) is 10.2 Å².